The predicted molar refractivity (Wildman–Crippen MR) is 81.9 cm³/mol. The molecule has 3 rings (SSSR count). The van der Waals surface area contributed by atoms with Gasteiger partial charge in [-0.3, -0.25) is 4.79 Å². The Morgan fingerprint density at radius 3 is 2.67 bits per heavy atom. The van der Waals surface area contributed by atoms with E-state index >= 15 is 0 Å². The molecule has 0 aromatic carbocycles. The molecule has 0 radical (unpaired) electrons. The molecule has 5 heteroatoms. The van der Waals surface area contributed by atoms with Crippen molar-refractivity contribution >= 4 is 5.91 Å². The molecule has 1 atom stereocenters. The second-order valence-electron chi connectivity index (χ2n) is 7.13. The maximum Gasteiger partial charge on any atom is 0.223 e. The van der Waals surface area contributed by atoms with Gasteiger partial charge in [0.25, 0.3) is 0 Å². The lowest BCUT2D eigenvalue weighted by Gasteiger charge is -2.31. The van der Waals surface area contributed by atoms with Crippen molar-refractivity contribution in [2.24, 2.45) is 17.3 Å². The molecule has 0 aromatic heterocycles. The highest BCUT2D eigenvalue weighted by Crippen LogP contribution is 2.58. The van der Waals surface area contributed by atoms with Crippen molar-refractivity contribution in [3.8, 4) is 0 Å². The first-order valence-electron chi connectivity index (χ1n) is 8.55. The monoisotopic (exact) mass is 295 g/mol. The van der Waals surface area contributed by atoms with E-state index in [1.807, 2.05) is 0 Å². The number of likely N-dealkylation sites (tertiary alicyclic amines) is 1. The summed E-state index contributed by atoms with van der Waals surface area (Å²) >= 11 is 0. The van der Waals surface area contributed by atoms with Crippen molar-refractivity contribution in [1.29, 1.82) is 0 Å². The molecule has 0 unspecified atom stereocenters. The fourth-order valence-electron chi connectivity index (χ4n) is 4.05. The van der Waals surface area contributed by atoms with Gasteiger partial charge in [-0.05, 0) is 69.6 Å². The topological polar surface area (TPSA) is 64.6 Å². The SMILES string of the molecule is O=C(NCCN1CCC(CO)CC1)[C@H]1CC12CCNCC2. The summed E-state index contributed by atoms with van der Waals surface area (Å²) in [6, 6.07) is 0. The lowest BCUT2D eigenvalue weighted by molar-refractivity contribution is -0.123. The van der Waals surface area contributed by atoms with Crippen LogP contribution < -0.4 is 10.6 Å². The van der Waals surface area contributed by atoms with Gasteiger partial charge in [0.1, 0.15) is 0 Å². The van der Waals surface area contributed by atoms with Gasteiger partial charge >= 0.3 is 0 Å². The number of hydrogen-bond acceptors (Lipinski definition) is 4. The minimum Gasteiger partial charge on any atom is -0.396 e. The lowest BCUT2D eigenvalue weighted by atomic mass is 9.92. The Morgan fingerprint density at radius 2 is 2.00 bits per heavy atom. The number of amides is 1. The van der Waals surface area contributed by atoms with Gasteiger partial charge < -0.3 is 20.6 Å². The summed E-state index contributed by atoms with van der Waals surface area (Å²) in [6.45, 7) is 6.30. The third-order valence-corrected chi connectivity index (χ3v) is 5.80. The number of carbonyl (C=O) groups is 1. The van der Waals surface area contributed by atoms with E-state index in [1.54, 1.807) is 0 Å². The highest BCUT2D eigenvalue weighted by molar-refractivity contribution is 5.82. The fourth-order valence-corrected chi connectivity index (χ4v) is 4.05. The van der Waals surface area contributed by atoms with Crippen LogP contribution in [0.15, 0.2) is 0 Å². The molecule has 3 N–H and O–H groups in total. The van der Waals surface area contributed by atoms with Crippen LogP contribution in [-0.2, 0) is 4.79 Å². The van der Waals surface area contributed by atoms with E-state index < -0.39 is 0 Å². The van der Waals surface area contributed by atoms with Crippen LogP contribution in [0.3, 0.4) is 0 Å². The van der Waals surface area contributed by atoms with Crippen molar-refractivity contribution < 1.29 is 9.90 Å². The lowest BCUT2D eigenvalue weighted by Crippen LogP contribution is -2.41. The largest absolute Gasteiger partial charge is 0.396 e. The van der Waals surface area contributed by atoms with Crippen LogP contribution in [-0.4, -0.2) is 61.8 Å². The number of carbonyl (C=O) groups excluding carboxylic acids is 1. The minimum absolute atomic E-state index is 0.278. The Labute approximate surface area is 127 Å². The Kier molecular flexibility index (Phi) is 4.82. The van der Waals surface area contributed by atoms with Crippen LogP contribution >= 0.6 is 0 Å². The molecule has 3 fully saturated rings. The Morgan fingerprint density at radius 1 is 1.29 bits per heavy atom. The second kappa shape index (κ2) is 6.63. The quantitative estimate of drug-likeness (QED) is 0.678. The molecule has 2 saturated heterocycles. The third kappa shape index (κ3) is 3.58. The molecule has 120 valence electrons. The molecule has 0 bridgehead atoms. The smallest absolute Gasteiger partial charge is 0.223 e. The number of aliphatic hydroxyl groups excluding tert-OH is 1. The van der Waals surface area contributed by atoms with Gasteiger partial charge in [-0.2, -0.15) is 0 Å². The van der Waals surface area contributed by atoms with Gasteiger partial charge in [0.15, 0.2) is 0 Å². The first-order valence-corrected chi connectivity index (χ1v) is 8.55. The van der Waals surface area contributed by atoms with Crippen LogP contribution in [0.1, 0.15) is 32.1 Å². The average Bonchev–Trinajstić information content (AvgIpc) is 3.22. The Hall–Kier alpha value is -0.650. The third-order valence-electron chi connectivity index (χ3n) is 5.80. The van der Waals surface area contributed by atoms with Crippen molar-refractivity contribution in [2.75, 3.05) is 45.9 Å². The van der Waals surface area contributed by atoms with Crippen molar-refractivity contribution in [3.63, 3.8) is 0 Å². The average molecular weight is 295 g/mol. The molecule has 1 aliphatic carbocycles. The van der Waals surface area contributed by atoms with E-state index in [1.165, 1.54) is 12.8 Å². The summed E-state index contributed by atoms with van der Waals surface area (Å²) in [6.07, 6.45) is 5.61. The fraction of sp³-hybridized carbons (Fsp3) is 0.938. The summed E-state index contributed by atoms with van der Waals surface area (Å²) < 4.78 is 0. The molecule has 1 spiro atoms. The van der Waals surface area contributed by atoms with Gasteiger partial charge in [-0.1, -0.05) is 0 Å². The molecule has 21 heavy (non-hydrogen) atoms. The van der Waals surface area contributed by atoms with Gasteiger partial charge in [-0.15, -0.1) is 0 Å². The van der Waals surface area contributed by atoms with Crippen molar-refractivity contribution in [3.05, 3.63) is 0 Å². The number of aliphatic hydroxyl groups is 1. The number of nitrogens with one attached hydrogen (secondary N) is 2. The van der Waals surface area contributed by atoms with Crippen LogP contribution in [0.2, 0.25) is 0 Å². The highest BCUT2D eigenvalue weighted by atomic mass is 16.3. The van der Waals surface area contributed by atoms with Gasteiger partial charge in [-0.25, -0.2) is 0 Å². The summed E-state index contributed by atoms with van der Waals surface area (Å²) in [7, 11) is 0. The normalized spacial score (nSPS) is 29.5. The van der Waals surface area contributed by atoms with Crippen molar-refractivity contribution in [1.82, 2.24) is 15.5 Å². The predicted octanol–water partition coefficient (Wildman–Crippen LogP) is 0.197. The summed E-state index contributed by atoms with van der Waals surface area (Å²) in [4.78, 5) is 14.6. The minimum atomic E-state index is 0.278. The van der Waals surface area contributed by atoms with Crippen LogP contribution in [0.4, 0.5) is 0 Å². The molecular weight excluding hydrogens is 266 g/mol. The van der Waals surface area contributed by atoms with Gasteiger partial charge in [0.05, 0.1) is 0 Å². The molecule has 0 aromatic rings. The van der Waals surface area contributed by atoms with E-state index in [-0.39, 0.29) is 11.8 Å². The zero-order chi connectivity index (χ0) is 14.7. The first kappa shape index (κ1) is 15.3. The Bertz CT molecular complexity index is 361. The molecule has 1 saturated carbocycles. The molecule has 1 amide bonds. The van der Waals surface area contributed by atoms with Crippen LogP contribution in [0.5, 0.6) is 0 Å². The van der Waals surface area contributed by atoms with E-state index in [9.17, 15) is 4.79 Å². The molecular formula is C16H29N3O2. The summed E-state index contributed by atoms with van der Waals surface area (Å²) in [5, 5.41) is 15.7. The maximum absolute atomic E-state index is 12.2. The first-order chi connectivity index (χ1) is 10.2. The molecule has 3 aliphatic rings. The summed E-state index contributed by atoms with van der Waals surface area (Å²) in [5.74, 6) is 1.05. The van der Waals surface area contributed by atoms with E-state index in [2.05, 4.69) is 15.5 Å². The zero-order valence-corrected chi connectivity index (χ0v) is 12.9. The second-order valence-corrected chi connectivity index (χ2v) is 7.13. The number of rotatable bonds is 5. The highest BCUT2D eigenvalue weighted by Gasteiger charge is 2.57. The van der Waals surface area contributed by atoms with E-state index in [4.69, 9.17) is 5.11 Å². The maximum atomic E-state index is 12.2. The van der Waals surface area contributed by atoms with Gasteiger partial charge in [0.2, 0.25) is 5.91 Å². The number of nitrogens with zero attached hydrogens (tertiary/aromatic N) is 1. The van der Waals surface area contributed by atoms with E-state index in [0.29, 0.717) is 17.9 Å². The van der Waals surface area contributed by atoms with Crippen LogP contribution in [0, 0.1) is 17.3 Å². The zero-order valence-electron chi connectivity index (χ0n) is 12.9. The number of hydrogen-bond donors (Lipinski definition) is 3. The van der Waals surface area contributed by atoms with Crippen molar-refractivity contribution in [2.45, 2.75) is 32.1 Å². The van der Waals surface area contributed by atoms with Crippen LogP contribution in [0.25, 0.3) is 0 Å². The van der Waals surface area contributed by atoms with Gasteiger partial charge in [0, 0.05) is 25.6 Å². The standard InChI is InChI=1S/C16H29N3O2/c20-12-13-1-8-19(9-2-13)10-7-18-15(21)14-11-16(14)3-5-17-6-4-16/h13-14,17,20H,1-12H2,(H,18,21)/t14-/m1/s1. The molecule has 5 nitrogen and oxygen atoms in total. The summed E-state index contributed by atoms with van der Waals surface area (Å²) in [5.41, 5.74) is 0.342. The molecule has 2 heterocycles. The molecule has 2 aliphatic heterocycles. The van der Waals surface area contributed by atoms with E-state index in [0.717, 1.165) is 58.5 Å². The Balaban J connectivity index is 1.32. The number of piperidine rings is 2.